The molecule has 3 aromatic rings. The molecule has 1 heterocycles. The Kier molecular flexibility index (Phi) is 13.0. The van der Waals surface area contributed by atoms with Crippen LogP contribution in [0.2, 0.25) is 0 Å². The van der Waals surface area contributed by atoms with Crippen LogP contribution in [0.15, 0.2) is 46.9 Å². The van der Waals surface area contributed by atoms with Crippen LogP contribution in [0.4, 0.5) is 0 Å². The Bertz CT molecular complexity index is 901. The van der Waals surface area contributed by atoms with Gasteiger partial charge in [-0.25, -0.2) is 14.8 Å². The van der Waals surface area contributed by atoms with Gasteiger partial charge >= 0.3 is 0 Å². The predicted octanol–water partition coefficient (Wildman–Crippen LogP) is 7.06. The summed E-state index contributed by atoms with van der Waals surface area (Å²) in [7, 11) is 1.52. The van der Waals surface area contributed by atoms with Crippen molar-refractivity contribution in [2.45, 2.75) is 61.3 Å². The van der Waals surface area contributed by atoms with Gasteiger partial charge in [0.05, 0.1) is 26.0 Å². The standard InChI is InChI=1S/C23H27NO4.2C2H6/c1-16-5-7-20(8-6-16)23-24-22(18(3)28-23)12-13-26-21-10-9-19(17(2)15-21)11-14-27-25-4;2*1-2/h5-10,15H,11-14H2,1-4H3;2*1-2H3. The van der Waals surface area contributed by atoms with Gasteiger partial charge in [-0.15, -0.1) is 0 Å². The predicted molar refractivity (Wildman–Crippen MR) is 131 cm³/mol. The minimum atomic E-state index is 0.534. The maximum Gasteiger partial charge on any atom is 0.226 e. The van der Waals surface area contributed by atoms with E-state index in [9.17, 15) is 0 Å². The van der Waals surface area contributed by atoms with Gasteiger partial charge in [0.15, 0.2) is 0 Å². The van der Waals surface area contributed by atoms with Gasteiger partial charge in [-0.3, -0.25) is 0 Å². The van der Waals surface area contributed by atoms with Crippen molar-refractivity contribution in [3.8, 4) is 17.2 Å². The van der Waals surface area contributed by atoms with Gasteiger partial charge in [-0.2, -0.15) is 0 Å². The summed E-state index contributed by atoms with van der Waals surface area (Å²) in [5.74, 6) is 2.35. The average Bonchev–Trinajstić information content (AvgIpc) is 3.19. The van der Waals surface area contributed by atoms with E-state index in [1.807, 2.05) is 52.8 Å². The van der Waals surface area contributed by atoms with Crippen molar-refractivity contribution < 1.29 is 18.9 Å². The lowest BCUT2D eigenvalue weighted by atomic mass is 10.1. The second-order valence-corrected chi connectivity index (χ2v) is 6.81. The monoisotopic (exact) mass is 441 g/mol. The average molecular weight is 442 g/mol. The van der Waals surface area contributed by atoms with Gasteiger partial charge in [0, 0.05) is 12.0 Å². The molecule has 0 unspecified atom stereocenters. The van der Waals surface area contributed by atoms with Gasteiger partial charge in [0.2, 0.25) is 5.89 Å². The molecule has 5 heteroatoms. The molecule has 0 radical (unpaired) electrons. The largest absolute Gasteiger partial charge is 0.493 e. The second-order valence-electron chi connectivity index (χ2n) is 6.81. The van der Waals surface area contributed by atoms with E-state index in [2.05, 4.69) is 48.0 Å². The van der Waals surface area contributed by atoms with Crippen LogP contribution in [0.25, 0.3) is 11.5 Å². The van der Waals surface area contributed by atoms with Crippen LogP contribution in [0, 0.1) is 20.8 Å². The minimum Gasteiger partial charge on any atom is -0.493 e. The lowest BCUT2D eigenvalue weighted by Gasteiger charge is -2.10. The molecule has 0 saturated heterocycles. The summed E-state index contributed by atoms with van der Waals surface area (Å²) >= 11 is 0. The van der Waals surface area contributed by atoms with E-state index in [0.29, 0.717) is 25.5 Å². The highest BCUT2D eigenvalue weighted by Crippen LogP contribution is 2.23. The first-order valence-corrected chi connectivity index (χ1v) is 11.5. The molecule has 2 aromatic carbocycles. The van der Waals surface area contributed by atoms with Crippen molar-refractivity contribution in [3.05, 3.63) is 70.6 Å². The Hall–Kier alpha value is -2.63. The first-order chi connectivity index (χ1) is 15.6. The molecule has 0 saturated carbocycles. The maximum atomic E-state index is 5.92. The minimum absolute atomic E-state index is 0.534. The highest BCUT2D eigenvalue weighted by molar-refractivity contribution is 5.54. The summed E-state index contributed by atoms with van der Waals surface area (Å²) in [5, 5.41) is 0. The van der Waals surface area contributed by atoms with Gasteiger partial charge in [-0.05, 0) is 62.6 Å². The molecule has 0 bridgehead atoms. The quantitative estimate of drug-likeness (QED) is 0.202. The Balaban J connectivity index is 0.00000121. The third kappa shape index (κ3) is 8.48. The van der Waals surface area contributed by atoms with E-state index < -0.39 is 0 Å². The molecule has 0 amide bonds. The van der Waals surface area contributed by atoms with Gasteiger partial charge in [0.25, 0.3) is 0 Å². The van der Waals surface area contributed by atoms with Crippen LogP contribution in [-0.4, -0.2) is 25.3 Å². The number of nitrogens with zero attached hydrogens (tertiary/aromatic N) is 1. The molecule has 0 aliphatic rings. The van der Waals surface area contributed by atoms with Crippen molar-refractivity contribution in [2.24, 2.45) is 0 Å². The Morgan fingerprint density at radius 2 is 1.53 bits per heavy atom. The molecule has 0 atom stereocenters. The van der Waals surface area contributed by atoms with E-state index in [1.165, 1.54) is 23.8 Å². The normalized spacial score (nSPS) is 10.0. The Labute approximate surface area is 193 Å². The molecule has 1 aromatic heterocycles. The van der Waals surface area contributed by atoms with E-state index in [4.69, 9.17) is 14.0 Å². The smallest absolute Gasteiger partial charge is 0.226 e. The molecular weight excluding hydrogens is 402 g/mol. The van der Waals surface area contributed by atoms with E-state index in [0.717, 1.165) is 29.2 Å². The van der Waals surface area contributed by atoms with Gasteiger partial charge in [0.1, 0.15) is 11.5 Å². The van der Waals surface area contributed by atoms with E-state index in [-0.39, 0.29) is 0 Å². The second kappa shape index (κ2) is 15.2. The van der Waals surface area contributed by atoms with Gasteiger partial charge in [-0.1, -0.05) is 51.5 Å². The van der Waals surface area contributed by atoms with Gasteiger partial charge < -0.3 is 9.15 Å². The number of oxazole rings is 1. The molecule has 32 heavy (non-hydrogen) atoms. The first kappa shape index (κ1) is 27.4. The van der Waals surface area contributed by atoms with Crippen LogP contribution in [-0.2, 0) is 22.6 Å². The summed E-state index contributed by atoms with van der Waals surface area (Å²) < 4.78 is 11.8. The lowest BCUT2D eigenvalue weighted by molar-refractivity contribution is -0.271. The lowest BCUT2D eigenvalue weighted by Crippen LogP contribution is -2.04. The van der Waals surface area contributed by atoms with Crippen molar-refractivity contribution in [3.63, 3.8) is 0 Å². The van der Waals surface area contributed by atoms with Crippen molar-refractivity contribution in [1.29, 1.82) is 0 Å². The molecule has 0 N–H and O–H groups in total. The third-order valence-corrected chi connectivity index (χ3v) is 4.69. The number of benzene rings is 2. The van der Waals surface area contributed by atoms with Crippen molar-refractivity contribution >= 4 is 0 Å². The summed E-state index contributed by atoms with van der Waals surface area (Å²) in [4.78, 5) is 14.2. The number of aromatic nitrogens is 1. The topological polar surface area (TPSA) is 53.7 Å². The van der Waals surface area contributed by atoms with E-state index in [1.54, 1.807) is 0 Å². The van der Waals surface area contributed by atoms with Crippen molar-refractivity contribution in [1.82, 2.24) is 4.98 Å². The zero-order valence-corrected chi connectivity index (χ0v) is 21.0. The van der Waals surface area contributed by atoms with E-state index >= 15 is 0 Å². The zero-order valence-electron chi connectivity index (χ0n) is 21.0. The SMILES string of the molecule is CC.CC.COOCCc1ccc(OCCc2nc(-c3ccc(C)cc3)oc2C)cc1C. The van der Waals surface area contributed by atoms with Crippen LogP contribution >= 0.6 is 0 Å². The molecule has 3 rings (SSSR count). The molecule has 0 aliphatic heterocycles. The first-order valence-electron chi connectivity index (χ1n) is 11.5. The van der Waals surface area contributed by atoms with Crippen LogP contribution < -0.4 is 4.74 Å². The molecular formula is C27H39NO4. The van der Waals surface area contributed by atoms with Crippen LogP contribution in [0.1, 0.15) is 55.8 Å². The Morgan fingerprint density at radius 3 is 2.16 bits per heavy atom. The number of rotatable bonds is 9. The molecule has 0 aliphatic carbocycles. The van der Waals surface area contributed by atoms with Crippen molar-refractivity contribution in [2.75, 3.05) is 20.3 Å². The fraction of sp³-hybridized carbons (Fsp3) is 0.444. The maximum absolute atomic E-state index is 5.92. The summed E-state index contributed by atoms with van der Waals surface area (Å²) in [6.07, 6.45) is 1.50. The highest BCUT2D eigenvalue weighted by Gasteiger charge is 2.11. The molecule has 5 nitrogen and oxygen atoms in total. The fourth-order valence-electron chi connectivity index (χ4n) is 3.02. The van der Waals surface area contributed by atoms with Crippen LogP contribution in [0.5, 0.6) is 5.75 Å². The number of hydrogen-bond donors (Lipinski definition) is 0. The van der Waals surface area contributed by atoms with Crippen LogP contribution in [0.3, 0.4) is 0 Å². The molecule has 0 spiro atoms. The molecule has 0 fully saturated rings. The zero-order chi connectivity index (χ0) is 23.9. The number of ether oxygens (including phenoxy) is 1. The molecule has 176 valence electrons. The highest BCUT2D eigenvalue weighted by atomic mass is 17.2. The Morgan fingerprint density at radius 1 is 0.844 bits per heavy atom. The fourth-order valence-corrected chi connectivity index (χ4v) is 3.02. The number of aryl methyl sites for hydroxylation is 3. The third-order valence-electron chi connectivity index (χ3n) is 4.69. The number of hydrogen-bond acceptors (Lipinski definition) is 5. The summed E-state index contributed by atoms with van der Waals surface area (Å²) in [5.41, 5.74) is 5.54. The summed E-state index contributed by atoms with van der Waals surface area (Å²) in [6, 6.07) is 14.3. The summed E-state index contributed by atoms with van der Waals surface area (Å²) in [6.45, 7) is 15.2.